The maximum atomic E-state index is 13.9. The third-order valence-corrected chi connectivity index (χ3v) is 7.86. The first-order valence-corrected chi connectivity index (χ1v) is 13.2. The number of hydrogen-bond acceptors (Lipinski definition) is 5. The number of H-pyrrole nitrogens is 1. The highest BCUT2D eigenvalue weighted by Gasteiger charge is 2.41. The quantitative estimate of drug-likeness (QED) is 0.311. The van der Waals surface area contributed by atoms with Crippen molar-refractivity contribution in [1.82, 2.24) is 9.78 Å². The van der Waals surface area contributed by atoms with Gasteiger partial charge in [-0.05, 0) is 59.9 Å². The molecule has 192 valence electrons. The van der Waals surface area contributed by atoms with Gasteiger partial charge in [0.15, 0.2) is 17.3 Å². The van der Waals surface area contributed by atoms with E-state index in [1.807, 2.05) is 72.8 Å². The summed E-state index contributed by atoms with van der Waals surface area (Å²) in [5.74, 6) is 1.40. The molecule has 0 spiro atoms. The van der Waals surface area contributed by atoms with Crippen molar-refractivity contribution in [2.45, 2.75) is 24.7 Å². The lowest BCUT2D eigenvalue weighted by atomic mass is 9.73. The molecule has 0 bridgehead atoms. The van der Waals surface area contributed by atoms with E-state index >= 15 is 0 Å². The van der Waals surface area contributed by atoms with E-state index in [1.54, 1.807) is 14.2 Å². The lowest BCUT2D eigenvalue weighted by molar-refractivity contribution is -0.116. The number of hydrogen-bond donors (Lipinski definition) is 2. The Morgan fingerprint density at radius 2 is 1.66 bits per heavy atom. The van der Waals surface area contributed by atoms with E-state index < -0.39 is 5.92 Å². The summed E-state index contributed by atoms with van der Waals surface area (Å²) < 4.78 is 13.3. The number of methoxy groups -OCH3 is 2. The Kier molecular flexibility index (Phi) is 6.19. The summed E-state index contributed by atoms with van der Waals surface area (Å²) in [5.41, 5.74) is 4.49. The zero-order valence-corrected chi connectivity index (χ0v) is 22.5. The summed E-state index contributed by atoms with van der Waals surface area (Å²) in [4.78, 5) is 27.7. The third kappa shape index (κ3) is 4.05. The fourth-order valence-corrected chi connectivity index (χ4v) is 6.03. The van der Waals surface area contributed by atoms with Gasteiger partial charge in [0.05, 0.1) is 25.5 Å². The Morgan fingerprint density at radius 1 is 0.868 bits per heavy atom. The predicted molar refractivity (Wildman–Crippen MR) is 150 cm³/mol. The molecule has 2 heterocycles. The molecular weight excluding hydrogens is 546 g/mol. The molecule has 0 fully saturated rings. The number of fused-ring (bicyclic) bond motifs is 1. The van der Waals surface area contributed by atoms with Crippen LogP contribution in [0.25, 0.3) is 5.69 Å². The van der Waals surface area contributed by atoms with Gasteiger partial charge in [0.2, 0.25) is 0 Å². The highest BCUT2D eigenvalue weighted by molar-refractivity contribution is 9.10. The molecule has 1 aliphatic heterocycles. The van der Waals surface area contributed by atoms with Gasteiger partial charge in [0.1, 0.15) is 5.82 Å². The molecule has 4 aromatic rings. The minimum Gasteiger partial charge on any atom is -0.493 e. The van der Waals surface area contributed by atoms with Crippen LogP contribution in [-0.4, -0.2) is 29.8 Å². The second-order valence-corrected chi connectivity index (χ2v) is 10.4. The van der Waals surface area contributed by atoms with Gasteiger partial charge in [-0.1, -0.05) is 52.3 Å². The molecule has 0 saturated heterocycles. The van der Waals surface area contributed by atoms with E-state index in [4.69, 9.17) is 9.47 Å². The first kappa shape index (κ1) is 24.3. The number of nitrogens with zero attached hydrogens (tertiary/aromatic N) is 1. The van der Waals surface area contributed by atoms with Crippen molar-refractivity contribution in [2.75, 3.05) is 19.5 Å². The molecule has 2 atom stereocenters. The molecule has 8 heteroatoms. The first-order valence-electron chi connectivity index (χ1n) is 12.4. The van der Waals surface area contributed by atoms with Crippen molar-refractivity contribution in [2.24, 2.45) is 0 Å². The maximum absolute atomic E-state index is 13.9. The van der Waals surface area contributed by atoms with Crippen molar-refractivity contribution in [3.63, 3.8) is 0 Å². The van der Waals surface area contributed by atoms with Gasteiger partial charge in [-0.2, -0.15) is 0 Å². The number of ether oxygens (including phenoxy) is 2. The van der Waals surface area contributed by atoms with Crippen LogP contribution in [0.15, 0.2) is 93.3 Å². The van der Waals surface area contributed by atoms with Crippen LogP contribution in [0.4, 0.5) is 5.82 Å². The number of carbonyl (C=O) groups is 1. The molecule has 7 nitrogen and oxygen atoms in total. The van der Waals surface area contributed by atoms with Crippen LogP contribution in [0, 0.1) is 0 Å². The second kappa shape index (κ2) is 9.68. The molecule has 0 radical (unpaired) electrons. The molecule has 1 aliphatic carbocycles. The van der Waals surface area contributed by atoms with Gasteiger partial charge in [-0.15, -0.1) is 0 Å². The van der Waals surface area contributed by atoms with Crippen LogP contribution in [0.3, 0.4) is 0 Å². The topological polar surface area (TPSA) is 85.4 Å². The van der Waals surface area contributed by atoms with Gasteiger partial charge in [0, 0.05) is 28.1 Å². The molecule has 6 rings (SSSR count). The molecule has 2 N–H and O–H groups in total. The minimum absolute atomic E-state index is 0.0287. The van der Waals surface area contributed by atoms with Gasteiger partial charge >= 0.3 is 0 Å². The van der Waals surface area contributed by atoms with Crippen molar-refractivity contribution in [1.29, 1.82) is 0 Å². The van der Waals surface area contributed by atoms with Crippen LogP contribution < -0.4 is 20.3 Å². The van der Waals surface area contributed by atoms with E-state index in [1.165, 1.54) is 4.68 Å². The SMILES string of the molecule is COc1ccc(C2CC(=O)C3=C(C2)Nc2[nH]n(-c4ccccc4)c(=O)c2C3c2cccc(Br)c2)cc1OC. The molecule has 3 aromatic carbocycles. The number of rotatable bonds is 5. The first-order chi connectivity index (χ1) is 18.5. The van der Waals surface area contributed by atoms with Crippen molar-refractivity contribution >= 4 is 27.5 Å². The van der Waals surface area contributed by atoms with Gasteiger partial charge < -0.3 is 14.8 Å². The van der Waals surface area contributed by atoms with Crippen molar-refractivity contribution in [3.8, 4) is 17.2 Å². The number of allylic oxidation sites excluding steroid dienone is 2. The Morgan fingerprint density at radius 3 is 2.39 bits per heavy atom. The largest absolute Gasteiger partial charge is 0.493 e. The van der Waals surface area contributed by atoms with E-state index in [0.717, 1.165) is 27.0 Å². The Balaban J connectivity index is 1.48. The van der Waals surface area contributed by atoms with E-state index in [-0.39, 0.29) is 17.3 Å². The van der Waals surface area contributed by atoms with Gasteiger partial charge in [-0.3, -0.25) is 14.7 Å². The van der Waals surface area contributed by atoms with Crippen LogP contribution >= 0.6 is 15.9 Å². The van der Waals surface area contributed by atoms with Crippen LogP contribution in [0.2, 0.25) is 0 Å². The average molecular weight is 572 g/mol. The Bertz CT molecular complexity index is 1640. The van der Waals surface area contributed by atoms with E-state index in [2.05, 4.69) is 26.3 Å². The third-order valence-electron chi connectivity index (χ3n) is 7.36. The summed E-state index contributed by atoms with van der Waals surface area (Å²) >= 11 is 3.57. The van der Waals surface area contributed by atoms with E-state index in [9.17, 15) is 9.59 Å². The van der Waals surface area contributed by atoms with Crippen molar-refractivity contribution < 1.29 is 14.3 Å². The van der Waals surface area contributed by atoms with E-state index in [0.29, 0.717) is 41.3 Å². The highest BCUT2D eigenvalue weighted by Crippen LogP contribution is 2.47. The summed E-state index contributed by atoms with van der Waals surface area (Å²) in [6.07, 6.45) is 0.964. The maximum Gasteiger partial charge on any atom is 0.277 e. The number of nitrogens with one attached hydrogen (secondary N) is 2. The van der Waals surface area contributed by atoms with Crippen LogP contribution in [-0.2, 0) is 4.79 Å². The predicted octanol–water partition coefficient (Wildman–Crippen LogP) is 5.90. The van der Waals surface area contributed by atoms with Crippen LogP contribution in [0.5, 0.6) is 11.5 Å². The van der Waals surface area contributed by atoms with Gasteiger partial charge in [0.25, 0.3) is 5.56 Å². The minimum atomic E-state index is -0.480. The monoisotopic (exact) mass is 571 g/mol. The molecular formula is C30H26BrN3O4. The Labute approximate surface area is 228 Å². The number of para-hydroxylation sites is 1. The summed E-state index contributed by atoms with van der Waals surface area (Å²) in [5, 5.41) is 6.71. The lowest BCUT2D eigenvalue weighted by Gasteiger charge is -2.34. The number of carbonyl (C=O) groups excluding carboxylic acids is 1. The molecule has 2 unspecified atom stereocenters. The standard InChI is InChI=1S/C30H26BrN3O4/c1-37-24-12-11-17(16-25(24)38-2)19-14-22-27(23(35)15-19)26(18-7-6-8-20(31)13-18)28-29(32-22)33-34(30(28)36)21-9-4-3-5-10-21/h3-13,16,19,26,32-33H,14-15H2,1-2H3. The number of anilines is 1. The number of halogens is 1. The van der Waals surface area contributed by atoms with Crippen molar-refractivity contribution in [3.05, 3.63) is 116 Å². The fourth-order valence-electron chi connectivity index (χ4n) is 5.61. The van der Waals surface area contributed by atoms with Crippen LogP contribution in [0.1, 0.15) is 41.4 Å². The summed E-state index contributed by atoms with van der Waals surface area (Å²) in [7, 11) is 3.21. The number of aromatic amines is 1. The molecule has 0 saturated carbocycles. The Hall–Kier alpha value is -4.04. The molecule has 1 aromatic heterocycles. The number of Topliss-reactive ketones (excluding diaryl/α,β-unsaturated/α-hetero) is 1. The summed E-state index contributed by atoms with van der Waals surface area (Å²) in [6, 6.07) is 23.1. The van der Waals surface area contributed by atoms with Gasteiger partial charge in [-0.25, -0.2) is 4.68 Å². The number of ketones is 1. The fraction of sp³-hybridized carbons (Fsp3) is 0.200. The molecule has 38 heavy (non-hydrogen) atoms. The normalized spacial score (nSPS) is 18.4. The average Bonchev–Trinajstić information content (AvgIpc) is 3.27. The smallest absolute Gasteiger partial charge is 0.277 e. The second-order valence-electron chi connectivity index (χ2n) is 9.52. The zero-order valence-electron chi connectivity index (χ0n) is 21.0. The lowest BCUT2D eigenvalue weighted by Crippen LogP contribution is -2.32. The molecule has 0 amide bonds. The number of aromatic nitrogens is 2. The summed E-state index contributed by atoms with van der Waals surface area (Å²) in [6.45, 7) is 0. The molecule has 2 aliphatic rings. The zero-order chi connectivity index (χ0) is 26.4. The highest BCUT2D eigenvalue weighted by atomic mass is 79.9. The number of benzene rings is 3.